The smallest absolute Gasteiger partial charge is 0.174 e. The second-order valence-corrected chi connectivity index (χ2v) is 7.43. The lowest BCUT2D eigenvalue weighted by Crippen LogP contribution is -2.33. The molecular formula is C23H22ClFN2O2S. The third-order valence-electron chi connectivity index (χ3n) is 4.49. The highest BCUT2D eigenvalue weighted by atomic mass is 35.5. The van der Waals surface area contributed by atoms with E-state index >= 15 is 0 Å². The van der Waals surface area contributed by atoms with Crippen molar-refractivity contribution in [3.05, 3.63) is 88.7 Å². The number of hydrogen-bond acceptors (Lipinski definition) is 3. The molecule has 0 saturated carbocycles. The summed E-state index contributed by atoms with van der Waals surface area (Å²) in [5.41, 5.74) is 2.77. The average Bonchev–Trinajstić information content (AvgIpc) is 2.76. The first-order valence-electron chi connectivity index (χ1n) is 9.25. The molecule has 0 saturated heterocycles. The van der Waals surface area contributed by atoms with Gasteiger partial charge in [0.15, 0.2) is 16.6 Å². The number of methoxy groups -OCH3 is 2. The maximum atomic E-state index is 13.3. The molecule has 0 aliphatic heterocycles. The van der Waals surface area contributed by atoms with E-state index in [0.29, 0.717) is 34.7 Å². The molecule has 0 bridgehead atoms. The van der Waals surface area contributed by atoms with E-state index in [2.05, 4.69) is 5.32 Å². The Kier molecular flexibility index (Phi) is 7.49. The Hall–Kier alpha value is -2.83. The van der Waals surface area contributed by atoms with E-state index in [1.54, 1.807) is 38.5 Å². The van der Waals surface area contributed by atoms with Crippen molar-refractivity contribution < 1.29 is 13.9 Å². The molecule has 3 aromatic carbocycles. The van der Waals surface area contributed by atoms with E-state index in [1.807, 2.05) is 35.2 Å². The van der Waals surface area contributed by atoms with Crippen molar-refractivity contribution in [3.63, 3.8) is 0 Å². The van der Waals surface area contributed by atoms with Crippen LogP contribution in [-0.4, -0.2) is 24.2 Å². The largest absolute Gasteiger partial charge is 0.493 e. The molecule has 0 heterocycles. The fraction of sp³-hybridized carbons (Fsp3) is 0.174. The molecule has 0 aliphatic rings. The third-order valence-corrected chi connectivity index (χ3v) is 5.10. The van der Waals surface area contributed by atoms with Gasteiger partial charge in [-0.3, -0.25) is 0 Å². The minimum atomic E-state index is -0.271. The molecule has 0 fully saturated rings. The van der Waals surface area contributed by atoms with Crippen molar-refractivity contribution in [3.8, 4) is 11.5 Å². The van der Waals surface area contributed by atoms with Gasteiger partial charge in [0.05, 0.1) is 14.2 Å². The molecule has 3 aromatic rings. The number of halogens is 2. The number of nitrogens with one attached hydrogen (secondary N) is 1. The Morgan fingerprint density at radius 2 is 1.50 bits per heavy atom. The standard InChI is InChI=1S/C23H22ClFN2O2S/c1-28-21-12-5-17(13-22(21)29-2)15-27(14-16-3-8-19(25)9-4-16)23(30)26-20-10-6-18(24)7-11-20/h3-13H,14-15H2,1-2H3,(H,26,30). The fourth-order valence-corrected chi connectivity index (χ4v) is 3.32. The predicted octanol–water partition coefficient (Wildman–Crippen LogP) is 5.90. The van der Waals surface area contributed by atoms with Crippen LogP contribution in [0.15, 0.2) is 66.7 Å². The van der Waals surface area contributed by atoms with Crippen LogP contribution in [0.25, 0.3) is 0 Å². The molecule has 0 amide bonds. The van der Waals surface area contributed by atoms with Crippen LogP contribution in [-0.2, 0) is 13.1 Å². The summed E-state index contributed by atoms with van der Waals surface area (Å²) in [5.74, 6) is 1.04. The highest BCUT2D eigenvalue weighted by Gasteiger charge is 2.14. The van der Waals surface area contributed by atoms with Crippen LogP contribution < -0.4 is 14.8 Å². The first kappa shape index (κ1) is 21.9. The number of hydrogen-bond donors (Lipinski definition) is 1. The molecule has 156 valence electrons. The summed E-state index contributed by atoms with van der Waals surface area (Å²) in [4.78, 5) is 2.00. The lowest BCUT2D eigenvalue weighted by atomic mass is 10.1. The molecule has 7 heteroatoms. The number of benzene rings is 3. The highest BCUT2D eigenvalue weighted by Crippen LogP contribution is 2.28. The quantitative estimate of drug-likeness (QED) is 0.459. The Labute approximate surface area is 186 Å². The Morgan fingerprint density at radius 3 is 2.13 bits per heavy atom. The molecule has 1 N–H and O–H groups in total. The van der Waals surface area contributed by atoms with Crippen molar-refractivity contribution in [2.24, 2.45) is 0 Å². The van der Waals surface area contributed by atoms with Crippen molar-refractivity contribution >= 4 is 34.6 Å². The molecule has 0 atom stereocenters. The minimum Gasteiger partial charge on any atom is -0.493 e. The molecule has 0 spiro atoms. The van der Waals surface area contributed by atoms with Crippen molar-refractivity contribution in [1.29, 1.82) is 0 Å². The topological polar surface area (TPSA) is 33.7 Å². The Morgan fingerprint density at radius 1 is 0.900 bits per heavy atom. The van der Waals surface area contributed by atoms with Crippen molar-refractivity contribution in [2.45, 2.75) is 13.1 Å². The summed E-state index contributed by atoms with van der Waals surface area (Å²) in [7, 11) is 3.20. The van der Waals surface area contributed by atoms with Crippen LogP contribution in [0.2, 0.25) is 5.02 Å². The summed E-state index contributed by atoms with van der Waals surface area (Å²) in [6.07, 6.45) is 0. The van der Waals surface area contributed by atoms with E-state index in [1.165, 1.54) is 12.1 Å². The van der Waals surface area contributed by atoms with Gasteiger partial charge in [0.1, 0.15) is 5.82 Å². The number of thiocarbonyl (C=S) groups is 1. The van der Waals surface area contributed by atoms with E-state index in [-0.39, 0.29) is 5.82 Å². The van der Waals surface area contributed by atoms with E-state index in [0.717, 1.165) is 16.8 Å². The Bertz CT molecular complexity index is 997. The van der Waals surface area contributed by atoms with Gasteiger partial charge in [0, 0.05) is 23.8 Å². The molecular weight excluding hydrogens is 423 g/mol. The fourth-order valence-electron chi connectivity index (χ4n) is 2.94. The van der Waals surface area contributed by atoms with Gasteiger partial charge < -0.3 is 19.7 Å². The summed E-state index contributed by atoms with van der Waals surface area (Å²) >= 11 is 11.6. The minimum absolute atomic E-state index is 0.271. The molecule has 0 unspecified atom stereocenters. The average molecular weight is 445 g/mol. The maximum Gasteiger partial charge on any atom is 0.174 e. The zero-order valence-corrected chi connectivity index (χ0v) is 18.3. The van der Waals surface area contributed by atoms with Crippen LogP contribution >= 0.6 is 23.8 Å². The molecule has 0 radical (unpaired) electrons. The summed E-state index contributed by atoms with van der Waals surface area (Å²) in [5, 5.41) is 4.43. The van der Waals surface area contributed by atoms with Crippen LogP contribution in [0.4, 0.5) is 10.1 Å². The first-order valence-corrected chi connectivity index (χ1v) is 10.0. The summed E-state index contributed by atoms with van der Waals surface area (Å²) in [6.45, 7) is 1.03. The van der Waals surface area contributed by atoms with Crippen molar-refractivity contribution in [1.82, 2.24) is 4.90 Å². The van der Waals surface area contributed by atoms with Crippen LogP contribution in [0, 0.1) is 5.82 Å². The van der Waals surface area contributed by atoms with Crippen molar-refractivity contribution in [2.75, 3.05) is 19.5 Å². The second kappa shape index (κ2) is 10.3. The van der Waals surface area contributed by atoms with Gasteiger partial charge in [-0.15, -0.1) is 0 Å². The zero-order valence-electron chi connectivity index (χ0n) is 16.7. The number of rotatable bonds is 7. The highest BCUT2D eigenvalue weighted by molar-refractivity contribution is 7.80. The van der Waals surface area contributed by atoms with Crippen LogP contribution in [0.1, 0.15) is 11.1 Å². The first-order chi connectivity index (χ1) is 14.5. The lowest BCUT2D eigenvalue weighted by molar-refractivity contribution is 0.352. The Balaban J connectivity index is 1.83. The van der Waals surface area contributed by atoms with E-state index in [9.17, 15) is 4.39 Å². The van der Waals surface area contributed by atoms with Gasteiger partial charge in [-0.1, -0.05) is 29.8 Å². The van der Waals surface area contributed by atoms with Gasteiger partial charge in [0.25, 0.3) is 0 Å². The number of ether oxygens (including phenoxy) is 2. The maximum absolute atomic E-state index is 13.3. The number of anilines is 1. The van der Waals surface area contributed by atoms with E-state index in [4.69, 9.17) is 33.3 Å². The molecule has 0 aliphatic carbocycles. The molecule has 0 aromatic heterocycles. The predicted molar refractivity (Wildman–Crippen MR) is 123 cm³/mol. The summed E-state index contributed by atoms with van der Waals surface area (Å²) < 4.78 is 24.0. The summed E-state index contributed by atoms with van der Waals surface area (Å²) in [6, 6.07) is 19.5. The van der Waals surface area contributed by atoms with Crippen LogP contribution in [0.5, 0.6) is 11.5 Å². The van der Waals surface area contributed by atoms with Gasteiger partial charge in [-0.25, -0.2) is 4.39 Å². The monoisotopic (exact) mass is 444 g/mol. The zero-order chi connectivity index (χ0) is 21.5. The number of nitrogens with zero attached hydrogens (tertiary/aromatic N) is 1. The van der Waals surface area contributed by atoms with Gasteiger partial charge in [-0.2, -0.15) is 0 Å². The lowest BCUT2D eigenvalue weighted by Gasteiger charge is -2.26. The molecule has 30 heavy (non-hydrogen) atoms. The normalized spacial score (nSPS) is 10.4. The second-order valence-electron chi connectivity index (χ2n) is 6.61. The van der Waals surface area contributed by atoms with Crippen LogP contribution in [0.3, 0.4) is 0 Å². The molecule has 4 nitrogen and oxygen atoms in total. The third kappa shape index (κ3) is 5.84. The SMILES string of the molecule is COc1ccc(CN(Cc2ccc(F)cc2)C(=S)Nc2ccc(Cl)cc2)cc1OC. The van der Waals surface area contributed by atoms with Gasteiger partial charge in [0.2, 0.25) is 0 Å². The molecule has 3 rings (SSSR count). The van der Waals surface area contributed by atoms with Gasteiger partial charge >= 0.3 is 0 Å². The van der Waals surface area contributed by atoms with E-state index < -0.39 is 0 Å². The van der Waals surface area contributed by atoms with Gasteiger partial charge in [-0.05, 0) is 71.9 Å².